The van der Waals surface area contributed by atoms with Crippen LogP contribution in [-0.4, -0.2) is 40.6 Å². The van der Waals surface area contributed by atoms with Crippen molar-refractivity contribution < 1.29 is 27.5 Å². The van der Waals surface area contributed by atoms with Crippen molar-refractivity contribution in [3.63, 3.8) is 0 Å². The molecule has 0 radical (unpaired) electrons. The number of ketones is 1. The van der Waals surface area contributed by atoms with Crippen molar-refractivity contribution >= 4 is 21.5 Å². The van der Waals surface area contributed by atoms with Crippen LogP contribution in [0.1, 0.15) is 41.7 Å². The van der Waals surface area contributed by atoms with E-state index in [0.717, 1.165) is 11.8 Å². The minimum Gasteiger partial charge on any atom is -0.493 e. The van der Waals surface area contributed by atoms with Crippen molar-refractivity contribution in [2.75, 3.05) is 20.5 Å². The number of hydrogen-bond acceptors (Lipinski definition) is 6. The molecule has 0 fully saturated rings. The molecule has 2 aromatic rings. The summed E-state index contributed by atoms with van der Waals surface area (Å²) in [5.74, 6) is 0.538. The Labute approximate surface area is 170 Å². The molecule has 29 heavy (non-hydrogen) atoms. The normalized spacial score (nSPS) is 12.1. The van der Waals surface area contributed by atoms with E-state index in [1.54, 1.807) is 37.3 Å². The van der Waals surface area contributed by atoms with E-state index in [1.807, 2.05) is 0 Å². The van der Waals surface area contributed by atoms with E-state index >= 15 is 0 Å². The molecule has 0 aliphatic heterocycles. The van der Waals surface area contributed by atoms with Crippen LogP contribution in [0.5, 0.6) is 11.5 Å². The first kappa shape index (κ1) is 22.4. The molecule has 2 rings (SSSR count). The van der Waals surface area contributed by atoms with Crippen molar-refractivity contribution in [2.45, 2.75) is 30.7 Å². The number of rotatable bonds is 9. The van der Waals surface area contributed by atoms with Gasteiger partial charge in [0, 0.05) is 24.7 Å². The number of ether oxygens (including phenoxy) is 2. The molecule has 0 saturated heterocycles. The van der Waals surface area contributed by atoms with Gasteiger partial charge in [0.2, 0.25) is 5.91 Å². The molecule has 0 unspecified atom stereocenters. The molecule has 0 aromatic heterocycles. The molecule has 0 heterocycles. The summed E-state index contributed by atoms with van der Waals surface area (Å²) in [4.78, 5) is 24.8. The van der Waals surface area contributed by atoms with Crippen LogP contribution in [0.2, 0.25) is 0 Å². The van der Waals surface area contributed by atoms with Gasteiger partial charge in [-0.15, -0.1) is 0 Å². The van der Waals surface area contributed by atoms with E-state index in [0.29, 0.717) is 17.1 Å². The molecule has 0 aliphatic rings. The van der Waals surface area contributed by atoms with Gasteiger partial charge < -0.3 is 14.8 Å². The maximum atomic E-state index is 12.4. The van der Waals surface area contributed by atoms with E-state index < -0.39 is 9.84 Å². The van der Waals surface area contributed by atoms with E-state index in [2.05, 4.69) is 5.32 Å². The fourth-order valence-electron chi connectivity index (χ4n) is 2.78. The molecule has 7 nitrogen and oxygen atoms in total. The van der Waals surface area contributed by atoms with Crippen molar-refractivity contribution in [3.05, 3.63) is 53.6 Å². The number of carbonyl (C=O) groups excluding carboxylic acids is 2. The highest BCUT2D eigenvalue weighted by molar-refractivity contribution is 7.90. The third kappa shape index (κ3) is 6.05. The van der Waals surface area contributed by atoms with Gasteiger partial charge in [-0.2, -0.15) is 0 Å². The van der Waals surface area contributed by atoms with Crippen LogP contribution in [-0.2, 0) is 14.6 Å². The number of carbonyl (C=O) groups is 2. The van der Waals surface area contributed by atoms with Gasteiger partial charge in [-0.1, -0.05) is 12.1 Å². The number of sulfone groups is 1. The highest BCUT2D eigenvalue weighted by Gasteiger charge is 2.15. The number of nitrogens with one attached hydrogen (secondary N) is 1. The van der Waals surface area contributed by atoms with Crippen LogP contribution in [0, 0.1) is 0 Å². The third-order valence-corrected chi connectivity index (χ3v) is 5.60. The number of amides is 1. The van der Waals surface area contributed by atoms with Crippen molar-refractivity contribution in [1.29, 1.82) is 0 Å². The summed E-state index contributed by atoms with van der Waals surface area (Å²) in [6, 6.07) is 10.9. The first-order valence-corrected chi connectivity index (χ1v) is 10.9. The Kier molecular flexibility index (Phi) is 7.39. The highest BCUT2D eigenvalue weighted by atomic mass is 32.2. The van der Waals surface area contributed by atoms with Gasteiger partial charge in [-0.05, 0) is 42.8 Å². The average molecular weight is 419 g/mol. The summed E-state index contributed by atoms with van der Waals surface area (Å²) in [5, 5.41) is 2.82. The van der Waals surface area contributed by atoms with Gasteiger partial charge in [-0.3, -0.25) is 9.59 Å². The third-order valence-electron chi connectivity index (χ3n) is 4.47. The lowest BCUT2D eigenvalue weighted by atomic mass is 10.0. The number of hydrogen-bond donors (Lipinski definition) is 1. The van der Waals surface area contributed by atoms with Crippen LogP contribution < -0.4 is 14.8 Å². The quantitative estimate of drug-likeness (QED) is 0.628. The van der Waals surface area contributed by atoms with Crippen molar-refractivity contribution in [3.8, 4) is 11.5 Å². The Morgan fingerprint density at radius 3 is 2.14 bits per heavy atom. The molecule has 8 heteroatoms. The standard InChI is InChI=1S/C21H25NO6S/c1-14(15-5-8-17(9-6-15)29(4,25)26)22-21(24)12-10-18(23)16-7-11-19(27-2)20(13-16)28-3/h5-9,11,13-14H,10,12H2,1-4H3,(H,22,24)/t14-/m0/s1. The molecule has 156 valence electrons. The van der Waals surface area contributed by atoms with Crippen LogP contribution in [0.25, 0.3) is 0 Å². The lowest BCUT2D eigenvalue weighted by Crippen LogP contribution is -2.27. The Morgan fingerprint density at radius 1 is 0.966 bits per heavy atom. The molecular weight excluding hydrogens is 394 g/mol. The molecule has 1 amide bonds. The SMILES string of the molecule is COc1ccc(C(=O)CCC(=O)N[C@@H](C)c2ccc(S(C)(=O)=O)cc2)cc1OC. The first-order valence-electron chi connectivity index (χ1n) is 9.00. The fraction of sp³-hybridized carbons (Fsp3) is 0.333. The van der Waals surface area contributed by atoms with Crippen molar-refractivity contribution in [2.24, 2.45) is 0 Å². The maximum Gasteiger partial charge on any atom is 0.220 e. The number of benzene rings is 2. The largest absolute Gasteiger partial charge is 0.493 e. The van der Waals surface area contributed by atoms with Crippen molar-refractivity contribution in [1.82, 2.24) is 5.32 Å². The lowest BCUT2D eigenvalue weighted by molar-refractivity contribution is -0.121. The monoisotopic (exact) mass is 419 g/mol. The van der Waals surface area contributed by atoms with Gasteiger partial charge in [-0.25, -0.2) is 8.42 Å². The molecule has 0 saturated carbocycles. The van der Waals surface area contributed by atoms with Gasteiger partial charge in [0.05, 0.1) is 25.2 Å². The van der Waals surface area contributed by atoms with E-state index in [4.69, 9.17) is 9.47 Å². The van der Waals surface area contributed by atoms with Crippen LogP contribution in [0.4, 0.5) is 0 Å². The molecular formula is C21H25NO6S. The Hall–Kier alpha value is -2.87. The van der Waals surface area contributed by atoms with Crippen LogP contribution in [0.15, 0.2) is 47.4 Å². The second kappa shape index (κ2) is 9.56. The minimum atomic E-state index is -3.26. The summed E-state index contributed by atoms with van der Waals surface area (Å²) >= 11 is 0. The highest BCUT2D eigenvalue weighted by Crippen LogP contribution is 2.28. The Balaban J connectivity index is 1.93. The predicted octanol–water partition coefficient (Wildman–Crippen LogP) is 2.95. The Bertz CT molecular complexity index is 983. The molecule has 1 N–H and O–H groups in total. The molecule has 2 aromatic carbocycles. The predicted molar refractivity (Wildman–Crippen MR) is 109 cm³/mol. The zero-order valence-electron chi connectivity index (χ0n) is 16.9. The van der Waals surface area contributed by atoms with E-state index in [9.17, 15) is 18.0 Å². The maximum absolute atomic E-state index is 12.4. The summed E-state index contributed by atoms with van der Waals surface area (Å²) in [6.07, 6.45) is 1.24. The van der Waals surface area contributed by atoms with E-state index in [-0.39, 0.29) is 35.5 Å². The Morgan fingerprint density at radius 2 is 1.59 bits per heavy atom. The van der Waals surface area contributed by atoms with Gasteiger partial charge in [0.25, 0.3) is 0 Å². The minimum absolute atomic E-state index is 0.0406. The van der Waals surface area contributed by atoms with Gasteiger partial charge in [0.15, 0.2) is 27.1 Å². The zero-order valence-corrected chi connectivity index (χ0v) is 17.7. The summed E-state index contributed by atoms with van der Waals surface area (Å²) < 4.78 is 33.4. The smallest absolute Gasteiger partial charge is 0.220 e. The fourth-order valence-corrected chi connectivity index (χ4v) is 3.41. The lowest BCUT2D eigenvalue weighted by Gasteiger charge is -2.15. The summed E-state index contributed by atoms with van der Waals surface area (Å²) in [5.41, 5.74) is 1.22. The second-order valence-electron chi connectivity index (χ2n) is 6.62. The summed E-state index contributed by atoms with van der Waals surface area (Å²) in [7, 11) is -0.261. The number of methoxy groups -OCH3 is 2. The van der Waals surface area contributed by atoms with E-state index in [1.165, 1.54) is 26.4 Å². The summed E-state index contributed by atoms with van der Waals surface area (Å²) in [6.45, 7) is 1.80. The van der Waals surface area contributed by atoms with Gasteiger partial charge in [0.1, 0.15) is 0 Å². The van der Waals surface area contributed by atoms with Crippen LogP contribution in [0.3, 0.4) is 0 Å². The molecule has 0 bridgehead atoms. The van der Waals surface area contributed by atoms with Gasteiger partial charge >= 0.3 is 0 Å². The average Bonchev–Trinajstić information content (AvgIpc) is 2.70. The molecule has 0 spiro atoms. The zero-order chi connectivity index (χ0) is 21.6. The second-order valence-corrected chi connectivity index (χ2v) is 8.64. The topological polar surface area (TPSA) is 98.8 Å². The number of Topliss-reactive ketones (excluding diaryl/α,β-unsaturated/α-hetero) is 1. The molecule has 0 aliphatic carbocycles. The van der Waals surface area contributed by atoms with Crippen LogP contribution >= 0.6 is 0 Å². The first-order chi connectivity index (χ1) is 13.7. The molecule has 1 atom stereocenters.